The third kappa shape index (κ3) is 8.33. The fraction of sp³-hybridized carbons (Fsp3) is 0.109. The van der Waals surface area contributed by atoms with Crippen LogP contribution in [0.2, 0.25) is 0 Å². The predicted molar refractivity (Wildman–Crippen MR) is 238 cm³/mol. The molecule has 8 rings (SSSR count). The summed E-state index contributed by atoms with van der Waals surface area (Å²) in [5, 5.41) is 39.3. The number of nitrogens with two attached hydrogens (primary N) is 1. The van der Waals surface area contributed by atoms with Crippen LogP contribution in [0.3, 0.4) is 0 Å². The van der Waals surface area contributed by atoms with Crippen molar-refractivity contribution in [2.45, 2.75) is 25.3 Å². The summed E-state index contributed by atoms with van der Waals surface area (Å²) < 4.78 is 0. The largest absolute Gasteiger partial charge is 0.368 e. The number of hydrogen-bond donors (Lipinski definition) is 5. The Hall–Kier alpha value is -8.53. The van der Waals surface area contributed by atoms with Crippen LogP contribution in [0.1, 0.15) is 40.0 Å². The number of carbonyl (C=O) groups excluding carboxylic acids is 3. The van der Waals surface area contributed by atoms with Crippen LogP contribution in [0.4, 0.5) is 34.1 Å². The fourth-order valence-corrected chi connectivity index (χ4v) is 7.38. The van der Waals surface area contributed by atoms with E-state index in [0.717, 1.165) is 27.6 Å². The first-order valence-corrected chi connectivity index (χ1v) is 19.6. The molecular weight excluding hydrogens is 791 g/mol. The van der Waals surface area contributed by atoms with Gasteiger partial charge in [0.1, 0.15) is 17.4 Å². The zero-order chi connectivity index (χ0) is 43.3. The summed E-state index contributed by atoms with van der Waals surface area (Å²) in [6.45, 7) is 0.157. The maximum Gasteiger partial charge on any atom is 0.293 e. The van der Waals surface area contributed by atoms with Crippen molar-refractivity contribution in [1.29, 1.82) is 0 Å². The number of nitro benzene ring substituents is 2. The number of rotatable bonds is 15. The number of nitrogens with one attached hydrogen (secondary N) is 4. The number of primary amides is 1. The summed E-state index contributed by atoms with van der Waals surface area (Å²) in [7, 11) is 0. The first-order chi connectivity index (χ1) is 30.0. The monoisotopic (exact) mass is 827 g/mol. The van der Waals surface area contributed by atoms with Gasteiger partial charge in [0.2, 0.25) is 5.91 Å². The van der Waals surface area contributed by atoms with E-state index in [2.05, 4.69) is 21.3 Å². The molecule has 0 aliphatic heterocycles. The second-order valence-corrected chi connectivity index (χ2v) is 14.5. The first-order valence-electron chi connectivity index (χ1n) is 19.6. The molecule has 62 heavy (non-hydrogen) atoms. The van der Waals surface area contributed by atoms with E-state index in [0.29, 0.717) is 46.3 Å². The highest BCUT2D eigenvalue weighted by Crippen LogP contribution is 2.38. The molecule has 0 aliphatic carbocycles. The summed E-state index contributed by atoms with van der Waals surface area (Å²) in [5.41, 5.74) is 9.42. The number of anilines is 4. The van der Waals surface area contributed by atoms with E-state index in [9.17, 15) is 34.6 Å². The smallest absolute Gasteiger partial charge is 0.293 e. The molecule has 2 aromatic heterocycles. The average Bonchev–Trinajstić information content (AvgIpc) is 3.28. The number of nitro groups is 2. The van der Waals surface area contributed by atoms with Crippen molar-refractivity contribution >= 4 is 95.5 Å². The Bertz CT molecular complexity index is 3000. The van der Waals surface area contributed by atoms with Crippen molar-refractivity contribution < 1.29 is 24.2 Å². The normalized spacial score (nSPS) is 11.6. The molecule has 16 heteroatoms. The number of pyridine rings is 2. The van der Waals surface area contributed by atoms with Crippen molar-refractivity contribution in [3.8, 4) is 0 Å². The lowest BCUT2D eigenvalue weighted by Crippen LogP contribution is -2.44. The number of carbonyl (C=O) groups is 3. The minimum absolute atomic E-state index is 0.0528. The zero-order valence-electron chi connectivity index (χ0n) is 32.8. The fourth-order valence-electron chi connectivity index (χ4n) is 7.38. The van der Waals surface area contributed by atoms with Gasteiger partial charge >= 0.3 is 0 Å². The Morgan fingerprint density at radius 1 is 0.565 bits per heavy atom. The molecule has 8 aromatic rings. The second-order valence-electron chi connectivity index (χ2n) is 14.5. The summed E-state index contributed by atoms with van der Waals surface area (Å²) in [4.78, 5) is 71.6. The van der Waals surface area contributed by atoms with E-state index < -0.39 is 33.6 Å². The molecule has 3 amide bonds. The van der Waals surface area contributed by atoms with Gasteiger partial charge in [-0.15, -0.1) is 0 Å². The molecule has 0 spiro atoms. The molecule has 6 aromatic carbocycles. The van der Waals surface area contributed by atoms with Gasteiger partial charge in [-0.05, 0) is 67.8 Å². The molecule has 0 saturated heterocycles. The van der Waals surface area contributed by atoms with Gasteiger partial charge < -0.3 is 27.0 Å². The van der Waals surface area contributed by atoms with Crippen LogP contribution in [0.5, 0.6) is 0 Å². The lowest BCUT2D eigenvalue weighted by molar-refractivity contribution is -0.384. The summed E-state index contributed by atoms with van der Waals surface area (Å²) in [6, 6.07) is 36.8. The van der Waals surface area contributed by atoms with Gasteiger partial charge in [0.15, 0.2) is 0 Å². The Morgan fingerprint density at radius 2 is 0.968 bits per heavy atom. The molecule has 308 valence electrons. The van der Waals surface area contributed by atoms with Gasteiger partial charge in [0.25, 0.3) is 23.2 Å². The molecule has 2 heterocycles. The second kappa shape index (κ2) is 17.4. The molecule has 0 fully saturated rings. The van der Waals surface area contributed by atoms with E-state index in [1.807, 2.05) is 97.1 Å². The van der Waals surface area contributed by atoms with Gasteiger partial charge in [-0.2, -0.15) is 0 Å². The number of para-hydroxylation sites is 4. The third-order valence-corrected chi connectivity index (χ3v) is 10.5. The molecule has 0 unspecified atom stereocenters. The van der Waals surface area contributed by atoms with Crippen LogP contribution in [-0.2, 0) is 4.79 Å². The zero-order valence-corrected chi connectivity index (χ0v) is 32.8. The van der Waals surface area contributed by atoms with Gasteiger partial charge in [-0.25, -0.2) is 9.97 Å². The van der Waals surface area contributed by atoms with Crippen LogP contribution in [-0.4, -0.2) is 50.1 Å². The van der Waals surface area contributed by atoms with E-state index in [4.69, 9.17) is 15.7 Å². The molecule has 0 aliphatic rings. The number of hydrogen-bond acceptors (Lipinski definition) is 11. The summed E-state index contributed by atoms with van der Waals surface area (Å²) in [5.74, 6) is -2.08. The molecular formula is C46H37N9O7. The quantitative estimate of drug-likeness (QED) is 0.0284. The van der Waals surface area contributed by atoms with Crippen LogP contribution >= 0.6 is 0 Å². The highest BCUT2D eigenvalue weighted by molar-refractivity contribution is 6.10. The molecule has 0 radical (unpaired) electrons. The van der Waals surface area contributed by atoms with Crippen molar-refractivity contribution in [2.75, 3.05) is 17.2 Å². The SMILES string of the molecule is NC(=O)[C@H](CCCCNC(=O)c1ccc(Nc2c3ccccc3nc3ccccc23)c([N+](=O)[O-])c1)NC(=O)c1ccc(Nc2c3ccccc3nc3ccccc23)c([N+](=O)[O-])c1. The number of amides is 3. The van der Waals surface area contributed by atoms with Crippen molar-refractivity contribution in [2.24, 2.45) is 5.73 Å². The Labute approximate surface area is 352 Å². The third-order valence-electron chi connectivity index (χ3n) is 10.5. The molecule has 0 saturated carbocycles. The van der Waals surface area contributed by atoms with Gasteiger partial charge in [-0.3, -0.25) is 34.6 Å². The maximum atomic E-state index is 13.3. The Balaban J connectivity index is 0.893. The van der Waals surface area contributed by atoms with Gasteiger partial charge in [-0.1, -0.05) is 72.8 Å². The minimum Gasteiger partial charge on any atom is -0.368 e. The lowest BCUT2D eigenvalue weighted by Gasteiger charge is -2.16. The molecule has 0 bridgehead atoms. The summed E-state index contributed by atoms with van der Waals surface area (Å²) >= 11 is 0. The van der Waals surface area contributed by atoms with Crippen molar-refractivity contribution in [1.82, 2.24) is 20.6 Å². The lowest BCUT2D eigenvalue weighted by atomic mass is 10.1. The number of unbranched alkanes of at least 4 members (excludes halogenated alkanes) is 1. The predicted octanol–water partition coefficient (Wildman–Crippen LogP) is 8.58. The molecule has 1 atom stereocenters. The van der Waals surface area contributed by atoms with Crippen LogP contribution in [0, 0.1) is 20.2 Å². The van der Waals surface area contributed by atoms with Crippen molar-refractivity contribution in [3.05, 3.63) is 165 Å². The topological polar surface area (TPSA) is 237 Å². The standard InChI is InChI=1S/C46H37N9O7/c47-44(56)39(53-46(58)28-21-23-38(41(26-28)55(61)62)52-43-31-13-3-7-17-35(31)50-36-18-8-4-14-32(36)43)19-9-10-24-48-45(57)27-20-22-37(40(25-27)54(59)60)51-42-29-11-1-5-15-33(29)49-34-16-6-2-12-30(34)42/h1-8,11-18,20-23,25-26,39H,9-10,19,24H2,(H2,47,56)(H,48,57)(H,49,51)(H,50,52)(H,53,58)/t39-/m0/s1. The van der Waals surface area contributed by atoms with Crippen LogP contribution < -0.4 is 27.0 Å². The van der Waals surface area contributed by atoms with E-state index in [-0.39, 0.29) is 46.8 Å². The van der Waals surface area contributed by atoms with Crippen molar-refractivity contribution in [3.63, 3.8) is 0 Å². The van der Waals surface area contributed by atoms with Gasteiger partial charge in [0, 0.05) is 51.3 Å². The van der Waals surface area contributed by atoms with Gasteiger partial charge in [0.05, 0.1) is 43.3 Å². The Morgan fingerprint density at radius 3 is 1.37 bits per heavy atom. The Kier molecular flexibility index (Phi) is 11.3. The first kappa shape index (κ1) is 40.3. The van der Waals surface area contributed by atoms with Crippen LogP contribution in [0.15, 0.2) is 133 Å². The average molecular weight is 828 g/mol. The molecule has 16 nitrogen and oxygen atoms in total. The minimum atomic E-state index is -1.11. The number of nitrogens with zero attached hydrogens (tertiary/aromatic N) is 4. The highest BCUT2D eigenvalue weighted by atomic mass is 16.6. The maximum absolute atomic E-state index is 13.3. The molecule has 6 N–H and O–H groups in total. The summed E-state index contributed by atoms with van der Waals surface area (Å²) in [6.07, 6.45) is 0.840. The van der Waals surface area contributed by atoms with E-state index in [1.165, 1.54) is 30.3 Å². The number of aromatic nitrogens is 2. The van der Waals surface area contributed by atoms with E-state index in [1.54, 1.807) is 0 Å². The number of benzene rings is 6. The number of fused-ring (bicyclic) bond motifs is 4. The van der Waals surface area contributed by atoms with E-state index >= 15 is 0 Å². The highest BCUT2D eigenvalue weighted by Gasteiger charge is 2.24. The van der Waals surface area contributed by atoms with Crippen LogP contribution in [0.25, 0.3) is 43.6 Å².